The number of ether oxygens (including phenoxy) is 1. The highest BCUT2D eigenvalue weighted by Gasteiger charge is 2.63. The zero-order chi connectivity index (χ0) is 25.1. The van der Waals surface area contributed by atoms with Crippen LogP contribution in [0.4, 0.5) is 40.9 Å². The number of carbonyl (C=O) groups excluding carboxylic acids is 1. The molecule has 0 unspecified atom stereocenters. The lowest BCUT2D eigenvalue weighted by Gasteiger charge is -2.35. The van der Waals surface area contributed by atoms with Gasteiger partial charge < -0.3 is 10.1 Å². The van der Waals surface area contributed by atoms with Crippen LogP contribution in [0.25, 0.3) is 11.3 Å². The number of hydrogen-bond donors (Lipinski definition) is 1. The predicted molar refractivity (Wildman–Crippen MR) is 103 cm³/mol. The maximum atomic E-state index is 13.6. The second-order valence-electron chi connectivity index (χ2n) is 8.77. The van der Waals surface area contributed by atoms with Gasteiger partial charge in [-0.05, 0) is 37.1 Å². The topological polar surface area (TPSA) is 56.1 Å². The third kappa shape index (κ3) is 4.83. The molecule has 1 N–H and O–H groups in total. The number of anilines is 1. The summed E-state index contributed by atoms with van der Waals surface area (Å²) >= 11 is 0. The quantitative estimate of drug-likeness (QED) is 0.486. The Kier molecular flexibility index (Phi) is 5.60. The van der Waals surface area contributed by atoms with Crippen LogP contribution in [-0.2, 0) is 11.8 Å². The van der Waals surface area contributed by atoms with Crippen molar-refractivity contribution in [2.24, 2.45) is 12.5 Å². The van der Waals surface area contributed by atoms with E-state index in [0.717, 1.165) is 16.8 Å². The van der Waals surface area contributed by atoms with Crippen LogP contribution in [0.3, 0.4) is 0 Å². The van der Waals surface area contributed by atoms with Gasteiger partial charge >= 0.3 is 12.5 Å². The largest absolute Gasteiger partial charge is 0.573 e. The van der Waals surface area contributed by atoms with Crippen molar-refractivity contribution < 1.29 is 44.7 Å². The zero-order valence-electron chi connectivity index (χ0n) is 17.7. The normalized spacial score (nSPS) is 19.4. The summed E-state index contributed by atoms with van der Waals surface area (Å²) in [4.78, 5) is 12.5. The van der Waals surface area contributed by atoms with Gasteiger partial charge in [-0.3, -0.25) is 9.48 Å². The van der Waals surface area contributed by atoms with Crippen LogP contribution in [0.5, 0.6) is 5.75 Å². The maximum Gasteiger partial charge on any atom is 0.573 e. The highest BCUT2D eigenvalue weighted by molar-refractivity contribution is 5.92. The maximum absolute atomic E-state index is 13.6. The van der Waals surface area contributed by atoms with E-state index in [-0.39, 0.29) is 35.5 Å². The second kappa shape index (κ2) is 7.84. The lowest BCUT2D eigenvalue weighted by molar-refractivity contribution is -0.274. The molecular weight excluding hydrogens is 478 g/mol. The van der Waals surface area contributed by atoms with Gasteiger partial charge in [0.1, 0.15) is 11.6 Å². The fraction of sp³-hybridized carbons (Fsp3) is 0.524. The number of aryl methyl sites for hydroxylation is 1. The Balaban J connectivity index is 1.63. The lowest BCUT2D eigenvalue weighted by Crippen LogP contribution is -2.34. The van der Waals surface area contributed by atoms with E-state index in [1.54, 1.807) is 0 Å². The Morgan fingerprint density at radius 1 is 1.12 bits per heavy atom. The van der Waals surface area contributed by atoms with Gasteiger partial charge in [0.25, 0.3) is 0 Å². The molecule has 1 aromatic carbocycles. The molecule has 0 bridgehead atoms. The van der Waals surface area contributed by atoms with Crippen LogP contribution < -0.4 is 10.1 Å². The number of nitrogens with zero attached hydrogens (tertiary/aromatic N) is 2. The van der Waals surface area contributed by atoms with Crippen molar-refractivity contribution in [2.45, 2.75) is 56.5 Å². The number of halogens is 8. The van der Waals surface area contributed by atoms with Gasteiger partial charge in [-0.1, -0.05) is 0 Å². The average molecular weight is 497 g/mol. The van der Waals surface area contributed by atoms with E-state index in [0.29, 0.717) is 0 Å². The lowest BCUT2D eigenvalue weighted by atomic mass is 9.75. The fourth-order valence-corrected chi connectivity index (χ4v) is 4.16. The first-order chi connectivity index (χ1) is 15.6. The van der Waals surface area contributed by atoms with Gasteiger partial charge in [-0.2, -0.15) is 18.3 Å². The van der Waals surface area contributed by atoms with Crippen molar-refractivity contribution >= 4 is 11.7 Å². The van der Waals surface area contributed by atoms with E-state index >= 15 is 0 Å². The van der Waals surface area contributed by atoms with Crippen molar-refractivity contribution in [3.8, 4) is 17.0 Å². The second-order valence-corrected chi connectivity index (χ2v) is 8.77. The molecule has 186 valence electrons. The van der Waals surface area contributed by atoms with E-state index in [9.17, 15) is 39.9 Å². The Morgan fingerprint density at radius 3 is 2.18 bits per heavy atom. The summed E-state index contributed by atoms with van der Waals surface area (Å²) < 4.78 is 109. The van der Waals surface area contributed by atoms with Gasteiger partial charge in [0.2, 0.25) is 11.8 Å². The van der Waals surface area contributed by atoms with Gasteiger partial charge in [-0.15, -0.1) is 13.2 Å². The summed E-state index contributed by atoms with van der Waals surface area (Å²) in [6, 6.07) is 4.54. The molecule has 2 fully saturated rings. The monoisotopic (exact) mass is 497 g/mol. The minimum Gasteiger partial charge on any atom is -0.406 e. The molecule has 1 aromatic heterocycles. The fourth-order valence-electron chi connectivity index (χ4n) is 4.16. The van der Waals surface area contributed by atoms with E-state index in [1.807, 2.05) is 0 Å². The number of aromatic nitrogens is 2. The third-order valence-electron chi connectivity index (χ3n) is 6.16. The summed E-state index contributed by atoms with van der Waals surface area (Å²) in [6.45, 7) is 0. The molecule has 2 aliphatic rings. The predicted octanol–water partition coefficient (Wildman–Crippen LogP) is 6.17. The van der Waals surface area contributed by atoms with Crippen molar-refractivity contribution in [1.82, 2.24) is 9.78 Å². The zero-order valence-corrected chi connectivity index (χ0v) is 17.7. The number of rotatable bonds is 6. The molecule has 0 spiro atoms. The first-order valence-corrected chi connectivity index (χ1v) is 10.3. The number of benzene rings is 1. The molecule has 0 radical (unpaired) electrons. The molecule has 0 atom stereocenters. The van der Waals surface area contributed by atoms with Crippen LogP contribution in [0.15, 0.2) is 24.3 Å². The summed E-state index contributed by atoms with van der Waals surface area (Å²) in [6.07, 6.45) is -11.7. The number of carbonyl (C=O) groups is 1. The summed E-state index contributed by atoms with van der Waals surface area (Å²) in [5.74, 6) is -5.14. The van der Waals surface area contributed by atoms with Crippen molar-refractivity contribution in [1.29, 1.82) is 0 Å². The number of amides is 1. The molecule has 1 amide bonds. The van der Waals surface area contributed by atoms with E-state index < -0.39 is 60.7 Å². The Hall–Kier alpha value is -2.86. The molecular formula is C21H19F8N3O2. The molecule has 2 saturated carbocycles. The minimum atomic E-state index is -4.90. The molecule has 1 heterocycles. The van der Waals surface area contributed by atoms with Crippen LogP contribution in [0, 0.1) is 5.41 Å². The smallest absolute Gasteiger partial charge is 0.406 e. The molecule has 0 aliphatic heterocycles. The number of alkyl halides is 8. The summed E-state index contributed by atoms with van der Waals surface area (Å²) in [5.41, 5.74) is -1.49. The Labute approximate surface area is 188 Å². The Morgan fingerprint density at radius 2 is 1.71 bits per heavy atom. The van der Waals surface area contributed by atoms with Crippen LogP contribution in [0.1, 0.15) is 43.6 Å². The number of nitrogens with one attached hydrogen (secondary N) is 1. The molecule has 4 rings (SSSR count). The van der Waals surface area contributed by atoms with Gasteiger partial charge in [0.15, 0.2) is 0 Å². The van der Waals surface area contributed by atoms with Gasteiger partial charge in [0, 0.05) is 43.4 Å². The molecule has 0 saturated heterocycles. The van der Waals surface area contributed by atoms with Crippen LogP contribution in [-0.4, -0.2) is 34.1 Å². The van der Waals surface area contributed by atoms with Gasteiger partial charge in [0.05, 0.1) is 11.1 Å². The molecule has 2 aliphatic carbocycles. The highest BCUT2D eigenvalue weighted by Crippen LogP contribution is 2.60. The Bertz CT molecular complexity index is 1080. The van der Waals surface area contributed by atoms with Crippen molar-refractivity contribution in [3.05, 3.63) is 29.8 Å². The van der Waals surface area contributed by atoms with Crippen LogP contribution >= 0.6 is 0 Å². The standard InChI is InChI=1S/C21H19F8N3O2/c1-32-17(30-14(33)10-18(6-7-18)20(24,25)26)15(12-8-19(22,23)9-12)16(31-32)11-2-4-13(5-3-11)34-21(27,28)29/h2-5,12H,6-10H2,1H3,(H,30,33). The third-order valence-corrected chi connectivity index (χ3v) is 6.16. The molecule has 5 nitrogen and oxygen atoms in total. The van der Waals surface area contributed by atoms with Crippen molar-refractivity contribution in [2.75, 3.05) is 5.32 Å². The van der Waals surface area contributed by atoms with Crippen LogP contribution in [0.2, 0.25) is 0 Å². The first kappa shape index (κ1) is 24.3. The molecule has 13 heteroatoms. The first-order valence-electron chi connectivity index (χ1n) is 10.3. The number of hydrogen-bond acceptors (Lipinski definition) is 3. The minimum absolute atomic E-state index is 0.0194. The summed E-state index contributed by atoms with van der Waals surface area (Å²) in [7, 11) is 1.39. The van der Waals surface area contributed by atoms with E-state index in [2.05, 4.69) is 15.2 Å². The molecule has 34 heavy (non-hydrogen) atoms. The van der Waals surface area contributed by atoms with Crippen molar-refractivity contribution in [3.63, 3.8) is 0 Å². The summed E-state index contributed by atoms with van der Waals surface area (Å²) in [5, 5.41) is 6.62. The van der Waals surface area contributed by atoms with E-state index in [1.165, 1.54) is 19.2 Å². The van der Waals surface area contributed by atoms with E-state index in [4.69, 9.17) is 0 Å². The highest BCUT2D eigenvalue weighted by atomic mass is 19.4. The SMILES string of the molecule is Cn1nc(-c2ccc(OC(F)(F)F)cc2)c(C2CC(F)(F)C2)c1NC(=O)CC1(C(F)(F)F)CC1. The average Bonchev–Trinajstić information content (AvgIpc) is 3.38. The molecule has 2 aromatic rings. The van der Waals surface area contributed by atoms with Gasteiger partial charge in [-0.25, -0.2) is 8.78 Å².